The van der Waals surface area contributed by atoms with Crippen LogP contribution in [0.25, 0.3) is 0 Å². The lowest BCUT2D eigenvalue weighted by Gasteiger charge is -2.29. The number of rotatable bonds is 5. The van der Waals surface area contributed by atoms with E-state index in [0.29, 0.717) is 17.9 Å². The van der Waals surface area contributed by atoms with Gasteiger partial charge in [-0.25, -0.2) is 0 Å². The van der Waals surface area contributed by atoms with E-state index in [4.69, 9.17) is 4.74 Å². The summed E-state index contributed by atoms with van der Waals surface area (Å²) in [5.41, 5.74) is 2.34. The molecule has 0 spiro atoms. The highest BCUT2D eigenvalue weighted by Gasteiger charge is 2.19. The van der Waals surface area contributed by atoms with Gasteiger partial charge in [0.25, 0.3) is 5.91 Å². The quantitative estimate of drug-likeness (QED) is 0.899. The van der Waals surface area contributed by atoms with E-state index >= 15 is 0 Å². The number of hydrogen-bond acceptors (Lipinski definition) is 6. The highest BCUT2D eigenvalue weighted by molar-refractivity contribution is 6.99. The average Bonchev–Trinajstić information content (AvgIpc) is 3.00. The molecular formula is C17H22N4O2S. The molecule has 0 saturated carbocycles. The molecule has 1 aromatic carbocycles. The summed E-state index contributed by atoms with van der Waals surface area (Å²) in [6, 6.07) is 7.53. The maximum atomic E-state index is 12.4. The predicted molar refractivity (Wildman–Crippen MR) is 93.4 cm³/mol. The van der Waals surface area contributed by atoms with E-state index in [0.717, 1.165) is 37.3 Å². The highest BCUT2D eigenvalue weighted by atomic mass is 32.1. The minimum absolute atomic E-state index is 0.0403. The fourth-order valence-corrected chi connectivity index (χ4v) is 3.23. The Kier molecular flexibility index (Phi) is 5.42. The van der Waals surface area contributed by atoms with Crippen LogP contribution in [0.15, 0.2) is 24.3 Å². The predicted octanol–water partition coefficient (Wildman–Crippen LogP) is 2.25. The zero-order valence-corrected chi connectivity index (χ0v) is 14.8. The monoisotopic (exact) mass is 346 g/mol. The third kappa shape index (κ3) is 4.30. The van der Waals surface area contributed by atoms with Crippen molar-refractivity contribution in [2.45, 2.75) is 32.4 Å². The van der Waals surface area contributed by atoms with E-state index in [-0.39, 0.29) is 11.9 Å². The van der Waals surface area contributed by atoms with Crippen molar-refractivity contribution in [3.8, 4) is 5.75 Å². The van der Waals surface area contributed by atoms with Crippen LogP contribution in [0, 0.1) is 6.92 Å². The summed E-state index contributed by atoms with van der Waals surface area (Å²) in [5, 5.41) is 3.12. The molecule has 7 heteroatoms. The molecule has 24 heavy (non-hydrogen) atoms. The minimum atomic E-state index is -0.0403. The normalized spacial score (nSPS) is 16.1. The number of piperidine rings is 1. The molecule has 1 saturated heterocycles. The maximum absolute atomic E-state index is 12.4. The fourth-order valence-electron chi connectivity index (χ4n) is 2.68. The summed E-state index contributed by atoms with van der Waals surface area (Å²) < 4.78 is 14.1. The average molecular weight is 346 g/mol. The third-order valence-electron chi connectivity index (χ3n) is 4.27. The molecule has 1 aromatic heterocycles. The topological polar surface area (TPSA) is 67.3 Å². The number of ether oxygens (including phenoxy) is 1. The molecule has 3 rings (SSSR count). The maximum Gasteiger partial charge on any atom is 0.251 e. The number of likely N-dealkylation sites (tertiary alicyclic amines) is 1. The second-order valence-corrected chi connectivity index (χ2v) is 6.69. The Balaban J connectivity index is 1.58. The van der Waals surface area contributed by atoms with Gasteiger partial charge in [0.15, 0.2) is 0 Å². The zero-order valence-electron chi connectivity index (χ0n) is 14.0. The number of nitrogens with zero attached hydrogens (tertiary/aromatic N) is 3. The standard InChI is InChI=1S/C17H22N4O2S/c1-12-16(20-24-19-12)11-23-15-5-3-4-13(10-15)17(22)18-14-6-8-21(2)9-7-14/h3-5,10,14H,6-9,11H2,1-2H3,(H,18,22). The second kappa shape index (κ2) is 7.72. The summed E-state index contributed by atoms with van der Waals surface area (Å²) in [6.07, 6.45) is 1.99. The Labute approximate surface area is 146 Å². The Morgan fingerprint density at radius 2 is 2.17 bits per heavy atom. The Morgan fingerprint density at radius 3 is 2.88 bits per heavy atom. The van der Waals surface area contributed by atoms with Crippen LogP contribution in [0.1, 0.15) is 34.6 Å². The highest BCUT2D eigenvalue weighted by Crippen LogP contribution is 2.17. The molecule has 1 fully saturated rings. The van der Waals surface area contributed by atoms with Gasteiger partial charge < -0.3 is 15.0 Å². The molecule has 1 N–H and O–H groups in total. The lowest BCUT2D eigenvalue weighted by Crippen LogP contribution is -2.43. The fraction of sp³-hybridized carbons (Fsp3) is 0.471. The lowest BCUT2D eigenvalue weighted by molar-refractivity contribution is 0.0916. The number of carbonyl (C=O) groups is 1. The van der Waals surface area contributed by atoms with Crippen molar-refractivity contribution in [1.82, 2.24) is 19.0 Å². The summed E-state index contributed by atoms with van der Waals surface area (Å²) in [5.74, 6) is 0.625. The van der Waals surface area contributed by atoms with Gasteiger partial charge in [0.2, 0.25) is 0 Å². The van der Waals surface area contributed by atoms with Gasteiger partial charge >= 0.3 is 0 Å². The van der Waals surface area contributed by atoms with Crippen molar-refractivity contribution in [3.05, 3.63) is 41.2 Å². The first-order chi connectivity index (χ1) is 11.6. The number of nitrogens with one attached hydrogen (secondary N) is 1. The first-order valence-corrected chi connectivity index (χ1v) is 8.85. The molecule has 6 nitrogen and oxygen atoms in total. The summed E-state index contributed by atoms with van der Waals surface area (Å²) in [6.45, 7) is 4.32. The first kappa shape index (κ1) is 16.9. The van der Waals surface area contributed by atoms with E-state index < -0.39 is 0 Å². The largest absolute Gasteiger partial charge is 0.487 e. The smallest absolute Gasteiger partial charge is 0.251 e. The molecule has 0 radical (unpaired) electrons. The van der Waals surface area contributed by atoms with Gasteiger partial charge in [-0.15, -0.1) is 0 Å². The molecule has 0 unspecified atom stereocenters. The number of amides is 1. The Hall–Kier alpha value is -1.99. The van der Waals surface area contributed by atoms with E-state index in [1.165, 1.54) is 11.7 Å². The summed E-state index contributed by atoms with van der Waals surface area (Å²) in [7, 11) is 2.11. The Bertz CT molecular complexity index is 695. The van der Waals surface area contributed by atoms with Gasteiger partial charge in [-0.05, 0) is 58.1 Å². The zero-order chi connectivity index (χ0) is 16.9. The van der Waals surface area contributed by atoms with Crippen LogP contribution < -0.4 is 10.1 Å². The molecule has 128 valence electrons. The third-order valence-corrected chi connectivity index (χ3v) is 4.93. The van der Waals surface area contributed by atoms with E-state index in [9.17, 15) is 4.79 Å². The molecular weight excluding hydrogens is 324 g/mol. The summed E-state index contributed by atoms with van der Waals surface area (Å²) >= 11 is 1.18. The second-order valence-electron chi connectivity index (χ2n) is 6.16. The molecule has 0 bridgehead atoms. The number of carbonyl (C=O) groups excluding carboxylic acids is 1. The van der Waals surface area contributed by atoms with Crippen LogP contribution >= 0.6 is 11.7 Å². The van der Waals surface area contributed by atoms with E-state index in [1.807, 2.05) is 25.1 Å². The van der Waals surface area contributed by atoms with Crippen LogP contribution in [0.2, 0.25) is 0 Å². The lowest BCUT2D eigenvalue weighted by atomic mass is 10.0. The Morgan fingerprint density at radius 1 is 1.38 bits per heavy atom. The van der Waals surface area contributed by atoms with Crippen molar-refractivity contribution >= 4 is 17.6 Å². The van der Waals surface area contributed by atoms with Gasteiger partial charge in [0.1, 0.15) is 18.1 Å². The molecule has 2 heterocycles. The van der Waals surface area contributed by atoms with Crippen LogP contribution in [-0.4, -0.2) is 45.7 Å². The van der Waals surface area contributed by atoms with E-state index in [1.54, 1.807) is 6.07 Å². The van der Waals surface area contributed by atoms with Crippen LogP contribution in [0.3, 0.4) is 0 Å². The van der Waals surface area contributed by atoms with Crippen LogP contribution in [-0.2, 0) is 6.61 Å². The number of hydrogen-bond donors (Lipinski definition) is 1. The summed E-state index contributed by atoms with van der Waals surface area (Å²) in [4.78, 5) is 14.7. The number of aromatic nitrogens is 2. The van der Waals surface area contributed by atoms with Crippen molar-refractivity contribution < 1.29 is 9.53 Å². The van der Waals surface area contributed by atoms with Crippen molar-refractivity contribution in [3.63, 3.8) is 0 Å². The molecule has 1 aliphatic rings. The van der Waals surface area contributed by atoms with Gasteiger partial charge in [-0.2, -0.15) is 8.75 Å². The van der Waals surface area contributed by atoms with Crippen molar-refractivity contribution in [2.75, 3.05) is 20.1 Å². The first-order valence-electron chi connectivity index (χ1n) is 8.12. The van der Waals surface area contributed by atoms with Gasteiger partial charge in [0.05, 0.1) is 17.4 Å². The van der Waals surface area contributed by atoms with Gasteiger partial charge in [0, 0.05) is 11.6 Å². The van der Waals surface area contributed by atoms with Crippen LogP contribution in [0.5, 0.6) is 5.75 Å². The molecule has 1 aliphatic heterocycles. The SMILES string of the molecule is Cc1nsnc1COc1cccc(C(=O)NC2CCN(C)CC2)c1. The molecule has 0 aliphatic carbocycles. The van der Waals surface area contributed by atoms with Crippen molar-refractivity contribution in [2.24, 2.45) is 0 Å². The minimum Gasteiger partial charge on any atom is -0.487 e. The number of benzene rings is 1. The number of aryl methyl sites for hydroxylation is 1. The van der Waals surface area contributed by atoms with Gasteiger partial charge in [-0.1, -0.05) is 6.07 Å². The van der Waals surface area contributed by atoms with Crippen molar-refractivity contribution in [1.29, 1.82) is 0 Å². The molecule has 0 atom stereocenters. The van der Waals surface area contributed by atoms with Gasteiger partial charge in [-0.3, -0.25) is 4.79 Å². The molecule has 1 amide bonds. The van der Waals surface area contributed by atoms with E-state index in [2.05, 4.69) is 26.0 Å². The van der Waals surface area contributed by atoms with Crippen LogP contribution in [0.4, 0.5) is 0 Å². The molecule has 2 aromatic rings.